The number of aromatic nitrogens is 1. The van der Waals surface area contributed by atoms with Crippen LogP contribution in [0.3, 0.4) is 0 Å². The smallest absolute Gasteiger partial charge is 0.412 e. The third-order valence-electron chi connectivity index (χ3n) is 6.83. The Labute approximate surface area is 212 Å². The second-order valence-corrected chi connectivity index (χ2v) is 10.9. The van der Waals surface area contributed by atoms with Gasteiger partial charge in [-0.3, -0.25) is 19.7 Å². The van der Waals surface area contributed by atoms with Gasteiger partial charge in [0.1, 0.15) is 17.3 Å². The molecule has 200 valence electrons. The van der Waals surface area contributed by atoms with Gasteiger partial charge >= 0.3 is 6.09 Å². The number of aliphatic hydroxyl groups excluding tert-OH is 1. The Kier molecular flexibility index (Phi) is 9.53. The van der Waals surface area contributed by atoms with Gasteiger partial charge in [-0.25, -0.2) is 4.79 Å². The van der Waals surface area contributed by atoms with Gasteiger partial charge < -0.3 is 25.0 Å². The van der Waals surface area contributed by atoms with Crippen molar-refractivity contribution >= 4 is 23.6 Å². The van der Waals surface area contributed by atoms with Crippen LogP contribution in [0.5, 0.6) is 0 Å². The number of pyridine rings is 1. The lowest BCUT2D eigenvalue weighted by Crippen LogP contribution is -2.45. The first-order valence-corrected chi connectivity index (χ1v) is 13.0. The molecule has 2 heterocycles. The highest BCUT2D eigenvalue weighted by atomic mass is 16.6. The van der Waals surface area contributed by atoms with Crippen molar-refractivity contribution in [3.05, 3.63) is 28.7 Å². The number of nitrogens with one attached hydrogen (secondary N) is 3. The van der Waals surface area contributed by atoms with Crippen molar-refractivity contribution in [2.45, 2.75) is 89.8 Å². The van der Waals surface area contributed by atoms with E-state index in [0.717, 1.165) is 25.7 Å². The molecule has 2 fully saturated rings. The van der Waals surface area contributed by atoms with Crippen LogP contribution in [0.4, 0.5) is 10.5 Å². The Morgan fingerprint density at radius 1 is 1.17 bits per heavy atom. The molecule has 0 unspecified atom stereocenters. The number of hydrogen-bond donors (Lipinski definition) is 4. The van der Waals surface area contributed by atoms with Gasteiger partial charge in [-0.1, -0.05) is 32.1 Å². The average molecular weight is 505 g/mol. The van der Waals surface area contributed by atoms with E-state index in [-0.39, 0.29) is 35.9 Å². The summed E-state index contributed by atoms with van der Waals surface area (Å²) in [6.07, 6.45) is 7.58. The maximum absolute atomic E-state index is 13.5. The van der Waals surface area contributed by atoms with Crippen LogP contribution in [0, 0.1) is 11.8 Å². The van der Waals surface area contributed by atoms with Crippen molar-refractivity contribution in [3.63, 3.8) is 0 Å². The number of nitrogens with zero attached hydrogens (tertiary/aromatic N) is 1. The average Bonchev–Trinajstić information content (AvgIpc) is 3.22. The van der Waals surface area contributed by atoms with Crippen LogP contribution in [-0.2, 0) is 14.3 Å². The zero-order valence-electron chi connectivity index (χ0n) is 21.5. The van der Waals surface area contributed by atoms with Crippen LogP contribution in [0.2, 0.25) is 0 Å². The van der Waals surface area contributed by atoms with Gasteiger partial charge in [-0.05, 0) is 58.1 Å². The molecule has 3 atom stereocenters. The second kappa shape index (κ2) is 12.4. The first kappa shape index (κ1) is 27.7. The fourth-order valence-corrected chi connectivity index (χ4v) is 5.04. The van der Waals surface area contributed by atoms with Gasteiger partial charge in [0, 0.05) is 18.7 Å². The fourth-order valence-electron chi connectivity index (χ4n) is 5.04. The summed E-state index contributed by atoms with van der Waals surface area (Å²) in [5.41, 5.74) is -1.21. The van der Waals surface area contributed by atoms with Gasteiger partial charge in [0.05, 0.1) is 12.6 Å². The first-order chi connectivity index (χ1) is 17.1. The van der Waals surface area contributed by atoms with Crippen LogP contribution in [0.25, 0.3) is 0 Å². The summed E-state index contributed by atoms with van der Waals surface area (Å²) in [5.74, 6) is -0.423. The molecular formula is C26H40N4O6. The molecule has 0 radical (unpaired) electrons. The zero-order chi connectivity index (χ0) is 26.3. The molecule has 10 heteroatoms. The third-order valence-corrected chi connectivity index (χ3v) is 6.83. The lowest BCUT2D eigenvalue weighted by atomic mass is 9.84. The molecular weight excluding hydrogens is 464 g/mol. The summed E-state index contributed by atoms with van der Waals surface area (Å²) < 4.78 is 6.62. The number of aliphatic hydroxyl groups is 1. The van der Waals surface area contributed by atoms with E-state index in [4.69, 9.17) is 4.74 Å². The first-order valence-electron chi connectivity index (χ1n) is 13.0. The van der Waals surface area contributed by atoms with Crippen molar-refractivity contribution in [1.82, 2.24) is 15.2 Å². The highest BCUT2D eigenvalue weighted by Gasteiger charge is 2.31. The van der Waals surface area contributed by atoms with Gasteiger partial charge in [-0.2, -0.15) is 0 Å². The third kappa shape index (κ3) is 7.81. The van der Waals surface area contributed by atoms with E-state index in [1.807, 2.05) is 0 Å². The normalized spacial score (nSPS) is 20.3. The Morgan fingerprint density at radius 3 is 2.50 bits per heavy atom. The second-order valence-electron chi connectivity index (χ2n) is 10.9. The molecule has 3 amide bonds. The number of rotatable bonds is 9. The largest absolute Gasteiger partial charge is 0.444 e. The standard InChI is InChI=1S/C26H40N4O6/c1-26(2,3)36-25(35)29-20-10-7-13-30(24(20)34)21(14-17-8-5-4-6-9-17)23(33)28-19(16-31)15-18-11-12-27-22(18)32/h7,10,13,17-19,21,31H,4-6,8-9,11-12,14-16H2,1-3H3,(H,27,32)(H,28,33)(H,29,35)/t18-,19-,21-/m0/s1. The predicted molar refractivity (Wildman–Crippen MR) is 136 cm³/mol. The lowest BCUT2D eigenvalue weighted by Gasteiger charge is -2.29. The SMILES string of the molecule is CC(C)(C)OC(=O)Nc1cccn([C@@H](CC2CCCCC2)C(=O)N[C@H](CO)C[C@@H]2CCNC2=O)c1=O. The molecule has 1 aromatic heterocycles. The topological polar surface area (TPSA) is 139 Å². The monoisotopic (exact) mass is 504 g/mol. The van der Waals surface area contributed by atoms with Crippen molar-refractivity contribution in [2.75, 3.05) is 18.5 Å². The van der Waals surface area contributed by atoms with Crippen LogP contribution in [0.15, 0.2) is 23.1 Å². The molecule has 1 aromatic rings. The van der Waals surface area contributed by atoms with E-state index in [0.29, 0.717) is 25.8 Å². The van der Waals surface area contributed by atoms with Gasteiger partial charge in [0.2, 0.25) is 11.8 Å². The minimum absolute atomic E-state index is 0.0227. The van der Waals surface area contributed by atoms with Crippen LogP contribution in [-0.4, -0.2) is 52.4 Å². The van der Waals surface area contributed by atoms with Gasteiger partial charge in [0.15, 0.2) is 0 Å². The molecule has 36 heavy (non-hydrogen) atoms. The molecule has 0 aromatic carbocycles. The molecule has 0 bridgehead atoms. The Hall–Kier alpha value is -2.88. The summed E-state index contributed by atoms with van der Waals surface area (Å²) in [5, 5.41) is 18.1. The van der Waals surface area contributed by atoms with E-state index in [1.165, 1.54) is 17.1 Å². The van der Waals surface area contributed by atoms with Crippen LogP contribution < -0.4 is 21.5 Å². The van der Waals surface area contributed by atoms with Crippen LogP contribution >= 0.6 is 0 Å². The summed E-state index contributed by atoms with van der Waals surface area (Å²) >= 11 is 0. The van der Waals surface area contributed by atoms with Crippen molar-refractivity contribution in [3.8, 4) is 0 Å². The predicted octanol–water partition coefficient (Wildman–Crippen LogP) is 2.71. The lowest BCUT2D eigenvalue weighted by molar-refractivity contribution is -0.127. The highest BCUT2D eigenvalue weighted by molar-refractivity contribution is 5.85. The number of hydrogen-bond acceptors (Lipinski definition) is 6. The molecule has 1 saturated heterocycles. The molecule has 3 rings (SSSR count). The summed E-state index contributed by atoms with van der Waals surface area (Å²) in [6.45, 7) is 5.47. The number of anilines is 1. The molecule has 10 nitrogen and oxygen atoms in total. The van der Waals surface area contributed by atoms with Gasteiger partial charge in [-0.15, -0.1) is 0 Å². The highest BCUT2D eigenvalue weighted by Crippen LogP contribution is 2.31. The molecule has 1 saturated carbocycles. The molecule has 0 spiro atoms. The van der Waals surface area contributed by atoms with Crippen LogP contribution in [0.1, 0.15) is 78.2 Å². The number of carbonyl (C=O) groups is 3. The zero-order valence-corrected chi connectivity index (χ0v) is 21.5. The van der Waals surface area contributed by atoms with E-state index < -0.39 is 29.3 Å². The molecule has 1 aliphatic heterocycles. The quantitative estimate of drug-likeness (QED) is 0.408. The minimum atomic E-state index is -0.813. The summed E-state index contributed by atoms with van der Waals surface area (Å²) in [7, 11) is 0. The Morgan fingerprint density at radius 2 is 1.89 bits per heavy atom. The number of ether oxygens (including phenoxy) is 1. The maximum Gasteiger partial charge on any atom is 0.412 e. The molecule has 1 aliphatic carbocycles. The molecule has 4 N–H and O–H groups in total. The summed E-state index contributed by atoms with van der Waals surface area (Å²) in [4.78, 5) is 51.1. The van der Waals surface area contributed by atoms with E-state index >= 15 is 0 Å². The fraction of sp³-hybridized carbons (Fsp3) is 0.692. The number of carbonyl (C=O) groups excluding carboxylic acids is 3. The minimum Gasteiger partial charge on any atom is -0.444 e. The van der Waals surface area contributed by atoms with Crippen molar-refractivity contribution in [2.24, 2.45) is 11.8 Å². The Balaban J connectivity index is 1.82. The Bertz CT molecular complexity index is 979. The van der Waals surface area contributed by atoms with Gasteiger partial charge in [0.25, 0.3) is 5.56 Å². The van der Waals surface area contributed by atoms with E-state index in [9.17, 15) is 24.3 Å². The van der Waals surface area contributed by atoms with Crippen molar-refractivity contribution < 1.29 is 24.2 Å². The van der Waals surface area contributed by atoms with Crippen molar-refractivity contribution in [1.29, 1.82) is 0 Å². The molecule has 2 aliphatic rings. The number of amides is 3. The summed E-state index contributed by atoms with van der Waals surface area (Å²) in [6, 6.07) is 1.68. The maximum atomic E-state index is 13.5. The van der Waals surface area contributed by atoms with E-state index in [1.54, 1.807) is 33.0 Å². The van der Waals surface area contributed by atoms with E-state index in [2.05, 4.69) is 16.0 Å².